The minimum absolute atomic E-state index is 0.612. The van der Waals surface area contributed by atoms with Crippen LogP contribution in [-0.2, 0) is 0 Å². The molecule has 12 heavy (non-hydrogen) atoms. The molecule has 0 rings (SSSR count). The number of nitrogens with zero attached hydrogens (tertiary/aromatic N) is 1. The minimum Gasteiger partial charge on any atom is -0.304 e. The molecule has 0 aromatic rings. The van der Waals surface area contributed by atoms with Crippen molar-refractivity contribution in [3.05, 3.63) is 0 Å². The van der Waals surface area contributed by atoms with Gasteiger partial charge in [-0.15, -0.1) is 0 Å². The second kappa shape index (κ2) is 7.93. The molecule has 0 spiro atoms. The van der Waals surface area contributed by atoms with Crippen LogP contribution in [0.2, 0.25) is 0 Å². The lowest BCUT2D eigenvalue weighted by Crippen LogP contribution is -2.24. The highest BCUT2D eigenvalue weighted by atomic mass is 32.1. The van der Waals surface area contributed by atoms with E-state index < -0.39 is 0 Å². The normalized spacial score (nSPS) is 13.8. The summed E-state index contributed by atoms with van der Waals surface area (Å²) in [6, 6.07) is 0. The van der Waals surface area contributed by atoms with E-state index in [2.05, 4.69) is 38.3 Å². The first-order valence-corrected chi connectivity index (χ1v) is 5.66. The Morgan fingerprint density at radius 2 is 1.75 bits per heavy atom. The summed E-state index contributed by atoms with van der Waals surface area (Å²) < 4.78 is 0. The lowest BCUT2D eigenvalue weighted by Gasteiger charge is -2.18. The number of rotatable bonds is 7. The van der Waals surface area contributed by atoms with Crippen molar-refractivity contribution in [1.82, 2.24) is 4.90 Å². The van der Waals surface area contributed by atoms with E-state index in [1.807, 2.05) is 0 Å². The van der Waals surface area contributed by atoms with E-state index in [1.165, 1.54) is 38.9 Å². The van der Waals surface area contributed by atoms with E-state index in [9.17, 15) is 0 Å². The molecule has 0 fully saturated rings. The molecule has 0 aliphatic carbocycles. The van der Waals surface area contributed by atoms with Crippen molar-refractivity contribution in [2.45, 2.75) is 45.3 Å². The van der Waals surface area contributed by atoms with Gasteiger partial charge in [0.1, 0.15) is 0 Å². The Morgan fingerprint density at radius 1 is 1.17 bits per heavy atom. The summed E-state index contributed by atoms with van der Waals surface area (Å²) in [5.41, 5.74) is 0. The fourth-order valence-electron chi connectivity index (χ4n) is 1.29. The standard InChI is InChI=1S/C10H23NS/c1-4-10(12)8-7-9-11(5-2)6-3/h10,12H,4-9H2,1-3H3. The van der Waals surface area contributed by atoms with Crippen LogP contribution in [0.25, 0.3) is 0 Å². The SMILES string of the molecule is CCC(S)CCCN(CC)CC. The zero-order valence-corrected chi connectivity index (χ0v) is 9.61. The fourth-order valence-corrected chi connectivity index (χ4v) is 1.48. The summed E-state index contributed by atoms with van der Waals surface area (Å²) in [4.78, 5) is 2.47. The maximum atomic E-state index is 4.47. The molecule has 0 aliphatic heterocycles. The highest BCUT2D eigenvalue weighted by Crippen LogP contribution is 2.08. The first kappa shape index (κ1) is 12.3. The van der Waals surface area contributed by atoms with Crippen molar-refractivity contribution >= 4 is 12.6 Å². The Balaban J connectivity index is 3.28. The Labute approximate surface area is 82.9 Å². The van der Waals surface area contributed by atoms with Crippen LogP contribution < -0.4 is 0 Å². The zero-order chi connectivity index (χ0) is 9.40. The second-order valence-electron chi connectivity index (χ2n) is 3.23. The van der Waals surface area contributed by atoms with Crippen LogP contribution in [0.5, 0.6) is 0 Å². The topological polar surface area (TPSA) is 3.24 Å². The molecular weight excluding hydrogens is 166 g/mol. The molecule has 74 valence electrons. The van der Waals surface area contributed by atoms with E-state index in [4.69, 9.17) is 0 Å². The number of thiol groups is 1. The Kier molecular flexibility index (Phi) is 8.14. The van der Waals surface area contributed by atoms with Crippen molar-refractivity contribution in [3.8, 4) is 0 Å². The molecule has 0 aliphatic rings. The molecular formula is C10H23NS. The van der Waals surface area contributed by atoms with Crippen molar-refractivity contribution in [1.29, 1.82) is 0 Å². The first-order chi connectivity index (χ1) is 5.74. The summed E-state index contributed by atoms with van der Waals surface area (Å²) in [6.45, 7) is 10.3. The van der Waals surface area contributed by atoms with Gasteiger partial charge < -0.3 is 4.90 Å². The first-order valence-electron chi connectivity index (χ1n) is 5.14. The quantitative estimate of drug-likeness (QED) is 0.603. The molecule has 0 N–H and O–H groups in total. The second-order valence-corrected chi connectivity index (χ2v) is 3.96. The molecule has 0 aromatic heterocycles. The van der Waals surface area contributed by atoms with Gasteiger partial charge >= 0.3 is 0 Å². The van der Waals surface area contributed by atoms with Crippen LogP contribution in [0.15, 0.2) is 0 Å². The van der Waals surface area contributed by atoms with Gasteiger partial charge in [0.25, 0.3) is 0 Å². The van der Waals surface area contributed by atoms with E-state index in [0.29, 0.717) is 5.25 Å². The number of hydrogen-bond donors (Lipinski definition) is 1. The predicted molar refractivity (Wildman–Crippen MR) is 60.1 cm³/mol. The van der Waals surface area contributed by atoms with Crippen LogP contribution >= 0.6 is 12.6 Å². The molecule has 0 amide bonds. The van der Waals surface area contributed by atoms with Gasteiger partial charge in [-0.3, -0.25) is 0 Å². The van der Waals surface area contributed by atoms with E-state index >= 15 is 0 Å². The van der Waals surface area contributed by atoms with Crippen molar-refractivity contribution in [3.63, 3.8) is 0 Å². The average Bonchev–Trinajstić information content (AvgIpc) is 2.12. The Hall–Kier alpha value is 0.310. The Morgan fingerprint density at radius 3 is 2.17 bits per heavy atom. The molecule has 1 unspecified atom stereocenters. The predicted octanol–water partition coefficient (Wildman–Crippen LogP) is 2.82. The minimum atomic E-state index is 0.612. The largest absolute Gasteiger partial charge is 0.304 e. The molecule has 1 atom stereocenters. The van der Waals surface area contributed by atoms with Crippen LogP contribution in [0.3, 0.4) is 0 Å². The third-order valence-corrected chi connectivity index (χ3v) is 3.00. The maximum Gasteiger partial charge on any atom is 0.00146 e. The highest BCUT2D eigenvalue weighted by Gasteiger charge is 2.01. The van der Waals surface area contributed by atoms with Crippen LogP contribution in [0.4, 0.5) is 0 Å². The molecule has 0 bridgehead atoms. The van der Waals surface area contributed by atoms with Crippen LogP contribution in [0.1, 0.15) is 40.0 Å². The lowest BCUT2D eigenvalue weighted by atomic mass is 10.2. The molecule has 1 nitrogen and oxygen atoms in total. The summed E-state index contributed by atoms with van der Waals surface area (Å²) in [5, 5.41) is 0.612. The van der Waals surface area contributed by atoms with Gasteiger partial charge in [0.15, 0.2) is 0 Å². The van der Waals surface area contributed by atoms with Gasteiger partial charge in [-0.1, -0.05) is 20.8 Å². The summed E-state index contributed by atoms with van der Waals surface area (Å²) in [7, 11) is 0. The molecule has 0 aromatic carbocycles. The third kappa shape index (κ3) is 5.90. The molecule has 0 heterocycles. The van der Waals surface area contributed by atoms with E-state index in [0.717, 1.165) is 0 Å². The van der Waals surface area contributed by atoms with Crippen molar-refractivity contribution in [2.24, 2.45) is 0 Å². The lowest BCUT2D eigenvalue weighted by molar-refractivity contribution is 0.296. The van der Waals surface area contributed by atoms with Crippen LogP contribution in [-0.4, -0.2) is 29.8 Å². The average molecular weight is 189 g/mol. The molecule has 0 radical (unpaired) electrons. The summed E-state index contributed by atoms with van der Waals surface area (Å²) >= 11 is 4.47. The maximum absolute atomic E-state index is 4.47. The molecule has 0 saturated carbocycles. The van der Waals surface area contributed by atoms with Gasteiger partial charge in [-0.25, -0.2) is 0 Å². The van der Waals surface area contributed by atoms with Gasteiger partial charge in [0.2, 0.25) is 0 Å². The van der Waals surface area contributed by atoms with Crippen molar-refractivity contribution in [2.75, 3.05) is 19.6 Å². The van der Waals surface area contributed by atoms with Gasteiger partial charge in [0.05, 0.1) is 0 Å². The zero-order valence-electron chi connectivity index (χ0n) is 8.71. The molecule has 0 saturated heterocycles. The van der Waals surface area contributed by atoms with Gasteiger partial charge in [-0.2, -0.15) is 12.6 Å². The monoisotopic (exact) mass is 189 g/mol. The van der Waals surface area contributed by atoms with E-state index in [1.54, 1.807) is 0 Å². The highest BCUT2D eigenvalue weighted by molar-refractivity contribution is 7.80. The Bertz CT molecular complexity index is 91.8. The fraction of sp³-hybridized carbons (Fsp3) is 1.00. The van der Waals surface area contributed by atoms with Gasteiger partial charge in [0, 0.05) is 5.25 Å². The summed E-state index contributed by atoms with van der Waals surface area (Å²) in [5.74, 6) is 0. The third-order valence-electron chi connectivity index (χ3n) is 2.38. The van der Waals surface area contributed by atoms with Gasteiger partial charge in [-0.05, 0) is 38.9 Å². The smallest absolute Gasteiger partial charge is 0.00146 e. The van der Waals surface area contributed by atoms with Crippen molar-refractivity contribution < 1.29 is 0 Å². The summed E-state index contributed by atoms with van der Waals surface area (Å²) in [6.07, 6.45) is 3.75. The van der Waals surface area contributed by atoms with E-state index in [-0.39, 0.29) is 0 Å². The van der Waals surface area contributed by atoms with Crippen LogP contribution in [0, 0.1) is 0 Å². The molecule has 2 heteroatoms. The number of hydrogen-bond acceptors (Lipinski definition) is 2.